The summed E-state index contributed by atoms with van der Waals surface area (Å²) in [6, 6.07) is 12.1. The first kappa shape index (κ1) is 14.3. The predicted octanol–water partition coefficient (Wildman–Crippen LogP) is 3.52. The van der Waals surface area contributed by atoms with Gasteiger partial charge in [-0.2, -0.15) is 0 Å². The molecule has 0 bridgehead atoms. The van der Waals surface area contributed by atoms with Crippen LogP contribution in [0.2, 0.25) is 0 Å². The van der Waals surface area contributed by atoms with E-state index in [9.17, 15) is 9.59 Å². The minimum atomic E-state index is -0.977. The summed E-state index contributed by atoms with van der Waals surface area (Å²) in [5, 5.41) is 11.7. The van der Waals surface area contributed by atoms with Crippen molar-refractivity contribution >= 4 is 17.6 Å². The van der Waals surface area contributed by atoms with E-state index in [1.165, 1.54) is 24.1 Å². The minimum Gasteiger partial charge on any atom is -0.478 e. The quantitative estimate of drug-likeness (QED) is 0.910. The smallest absolute Gasteiger partial charge is 0.335 e. The van der Waals surface area contributed by atoms with Crippen LogP contribution in [0.3, 0.4) is 0 Å². The number of amides is 1. The number of aromatic carboxylic acids is 1. The average molecular weight is 295 g/mol. The first-order valence-electron chi connectivity index (χ1n) is 7.40. The van der Waals surface area contributed by atoms with Gasteiger partial charge in [-0.3, -0.25) is 4.79 Å². The highest BCUT2D eigenvalue weighted by molar-refractivity contribution is 6.05. The summed E-state index contributed by atoms with van der Waals surface area (Å²) >= 11 is 0. The SMILES string of the molecule is O=C(O)c1ccc(NC(=O)c2cccc3c2CCCC3)cc1. The van der Waals surface area contributed by atoms with E-state index in [0.29, 0.717) is 5.69 Å². The van der Waals surface area contributed by atoms with Gasteiger partial charge in [-0.15, -0.1) is 0 Å². The van der Waals surface area contributed by atoms with Crippen molar-refractivity contribution in [2.75, 3.05) is 5.32 Å². The molecule has 2 aromatic rings. The second kappa shape index (κ2) is 6.02. The normalized spacial score (nSPS) is 13.3. The number of benzene rings is 2. The maximum absolute atomic E-state index is 12.5. The molecule has 1 aliphatic rings. The minimum absolute atomic E-state index is 0.137. The van der Waals surface area contributed by atoms with Gasteiger partial charge in [0.05, 0.1) is 5.56 Å². The summed E-state index contributed by atoms with van der Waals surface area (Å²) in [5.74, 6) is -1.11. The van der Waals surface area contributed by atoms with Crippen molar-refractivity contribution in [3.8, 4) is 0 Å². The van der Waals surface area contributed by atoms with Gasteiger partial charge in [-0.25, -0.2) is 4.79 Å². The van der Waals surface area contributed by atoms with Gasteiger partial charge in [0.15, 0.2) is 0 Å². The molecule has 3 rings (SSSR count). The van der Waals surface area contributed by atoms with Crippen LogP contribution in [0.15, 0.2) is 42.5 Å². The molecule has 112 valence electrons. The molecule has 0 atom stereocenters. The maximum Gasteiger partial charge on any atom is 0.335 e. The van der Waals surface area contributed by atoms with Crippen molar-refractivity contribution < 1.29 is 14.7 Å². The van der Waals surface area contributed by atoms with Crippen LogP contribution in [0, 0.1) is 0 Å². The predicted molar refractivity (Wildman–Crippen MR) is 84.4 cm³/mol. The van der Waals surface area contributed by atoms with E-state index in [0.717, 1.165) is 30.4 Å². The molecule has 0 spiro atoms. The second-order valence-corrected chi connectivity index (χ2v) is 5.49. The molecule has 0 aliphatic heterocycles. The number of carbonyl (C=O) groups excluding carboxylic acids is 1. The Kier molecular flexibility index (Phi) is 3.92. The number of hydrogen-bond donors (Lipinski definition) is 2. The third-order valence-corrected chi connectivity index (χ3v) is 4.03. The highest BCUT2D eigenvalue weighted by Gasteiger charge is 2.17. The summed E-state index contributed by atoms with van der Waals surface area (Å²) in [6.45, 7) is 0. The summed E-state index contributed by atoms with van der Waals surface area (Å²) in [7, 11) is 0. The van der Waals surface area contributed by atoms with Gasteiger partial charge in [0.2, 0.25) is 0 Å². The lowest BCUT2D eigenvalue weighted by Gasteiger charge is -2.18. The molecular weight excluding hydrogens is 278 g/mol. The zero-order chi connectivity index (χ0) is 15.5. The molecule has 0 unspecified atom stereocenters. The summed E-state index contributed by atoms with van der Waals surface area (Å²) < 4.78 is 0. The zero-order valence-corrected chi connectivity index (χ0v) is 12.1. The first-order valence-corrected chi connectivity index (χ1v) is 7.40. The number of carboxylic acid groups (broad SMARTS) is 1. The zero-order valence-electron chi connectivity index (χ0n) is 12.1. The fourth-order valence-electron chi connectivity index (χ4n) is 2.89. The van der Waals surface area contributed by atoms with Crippen LogP contribution in [0.1, 0.15) is 44.7 Å². The Balaban J connectivity index is 1.81. The summed E-state index contributed by atoms with van der Waals surface area (Å²) in [4.78, 5) is 23.3. The lowest BCUT2D eigenvalue weighted by molar-refractivity contribution is 0.0696. The molecule has 1 aliphatic carbocycles. The van der Waals surface area contributed by atoms with Crippen LogP contribution in [-0.4, -0.2) is 17.0 Å². The molecule has 4 nitrogen and oxygen atoms in total. The number of fused-ring (bicyclic) bond motifs is 1. The molecule has 0 saturated heterocycles. The van der Waals surface area contributed by atoms with Crippen LogP contribution in [0.25, 0.3) is 0 Å². The van der Waals surface area contributed by atoms with E-state index in [2.05, 4.69) is 11.4 Å². The highest BCUT2D eigenvalue weighted by atomic mass is 16.4. The van der Waals surface area contributed by atoms with Gasteiger partial charge in [-0.1, -0.05) is 12.1 Å². The topological polar surface area (TPSA) is 66.4 Å². The van der Waals surface area contributed by atoms with E-state index < -0.39 is 5.97 Å². The van der Waals surface area contributed by atoms with Gasteiger partial charge < -0.3 is 10.4 Å². The molecule has 0 saturated carbocycles. The lowest BCUT2D eigenvalue weighted by Crippen LogP contribution is -2.17. The largest absolute Gasteiger partial charge is 0.478 e. The van der Waals surface area contributed by atoms with Gasteiger partial charge in [0.1, 0.15) is 0 Å². The molecule has 0 radical (unpaired) electrons. The number of carboxylic acids is 1. The van der Waals surface area contributed by atoms with Crippen molar-refractivity contribution in [1.82, 2.24) is 0 Å². The first-order chi connectivity index (χ1) is 10.6. The van der Waals surface area contributed by atoms with Gasteiger partial charge >= 0.3 is 5.97 Å². The number of hydrogen-bond acceptors (Lipinski definition) is 2. The number of anilines is 1. The Labute approximate surface area is 128 Å². The van der Waals surface area contributed by atoms with Crippen molar-refractivity contribution in [1.29, 1.82) is 0 Å². The number of nitrogens with one attached hydrogen (secondary N) is 1. The molecule has 22 heavy (non-hydrogen) atoms. The molecule has 4 heteroatoms. The monoisotopic (exact) mass is 295 g/mol. The van der Waals surface area contributed by atoms with Crippen LogP contribution in [0.5, 0.6) is 0 Å². The van der Waals surface area contributed by atoms with Crippen LogP contribution in [-0.2, 0) is 12.8 Å². The number of carbonyl (C=O) groups is 2. The van der Waals surface area contributed by atoms with Crippen LogP contribution < -0.4 is 5.32 Å². The van der Waals surface area contributed by atoms with Gasteiger partial charge in [0, 0.05) is 11.3 Å². The van der Waals surface area contributed by atoms with Crippen LogP contribution in [0.4, 0.5) is 5.69 Å². The Morgan fingerprint density at radius 3 is 2.41 bits per heavy atom. The average Bonchev–Trinajstić information content (AvgIpc) is 2.54. The molecule has 0 heterocycles. The van der Waals surface area contributed by atoms with E-state index in [-0.39, 0.29) is 11.5 Å². The Hall–Kier alpha value is -2.62. The molecule has 1 amide bonds. The van der Waals surface area contributed by atoms with E-state index in [1.54, 1.807) is 12.1 Å². The second-order valence-electron chi connectivity index (χ2n) is 5.49. The van der Waals surface area contributed by atoms with Crippen molar-refractivity contribution in [3.63, 3.8) is 0 Å². The molecular formula is C18H17NO3. The number of rotatable bonds is 3. The third kappa shape index (κ3) is 2.86. The summed E-state index contributed by atoms with van der Waals surface area (Å²) in [5.41, 5.74) is 3.94. The third-order valence-electron chi connectivity index (χ3n) is 4.03. The molecule has 2 N–H and O–H groups in total. The highest BCUT2D eigenvalue weighted by Crippen LogP contribution is 2.25. The molecule has 2 aromatic carbocycles. The van der Waals surface area contributed by atoms with Gasteiger partial charge in [-0.05, 0) is 67.1 Å². The fraction of sp³-hybridized carbons (Fsp3) is 0.222. The standard InChI is InChI=1S/C18H17NO3/c20-17(19-14-10-8-13(9-11-14)18(21)22)16-7-3-5-12-4-1-2-6-15(12)16/h3,5,7-11H,1-2,4,6H2,(H,19,20)(H,21,22). The lowest BCUT2D eigenvalue weighted by atomic mass is 9.88. The molecule has 0 fully saturated rings. The Morgan fingerprint density at radius 2 is 1.68 bits per heavy atom. The number of aryl methyl sites for hydroxylation is 1. The summed E-state index contributed by atoms with van der Waals surface area (Å²) in [6.07, 6.45) is 4.26. The Bertz CT molecular complexity index is 720. The van der Waals surface area contributed by atoms with Crippen molar-refractivity contribution in [2.45, 2.75) is 25.7 Å². The Morgan fingerprint density at radius 1 is 0.955 bits per heavy atom. The van der Waals surface area contributed by atoms with Crippen molar-refractivity contribution in [2.24, 2.45) is 0 Å². The van der Waals surface area contributed by atoms with E-state index in [1.807, 2.05) is 12.1 Å². The van der Waals surface area contributed by atoms with Crippen molar-refractivity contribution in [3.05, 3.63) is 64.7 Å². The maximum atomic E-state index is 12.5. The molecule has 0 aromatic heterocycles. The fourth-order valence-corrected chi connectivity index (χ4v) is 2.89. The van der Waals surface area contributed by atoms with E-state index >= 15 is 0 Å². The van der Waals surface area contributed by atoms with Crippen LogP contribution >= 0.6 is 0 Å². The van der Waals surface area contributed by atoms with Gasteiger partial charge in [0.25, 0.3) is 5.91 Å². The van der Waals surface area contributed by atoms with E-state index in [4.69, 9.17) is 5.11 Å².